The van der Waals surface area contributed by atoms with Gasteiger partial charge in [0.15, 0.2) is 0 Å². The van der Waals surface area contributed by atoms with Crippen LogP contribution in [0, 0.1) is 0 Å². The second kappa shape index (κ2) is 8.76. The molecule has 0 bridgehead atoms. The second-order valence-electron chi connectivity index (χ2n) is 13.7. The van der Waals surface area contributed by atoms with E-state index in [0.29, 0.717) is 0 Å². The summed E-state index contributed by atoms with van der Waals surface area (Å²) in [7, 11) is 0. The average Bonchev–Trinajstić information content (AvgIpc) is 3.14. The molecule has 0 heteroatoms. The Balaban J connectivity index is 1.03. The molecule has 0 aromatic heterocycles. The Morgan fingerprint density at radius 2 is 0.333 bits per heavy atom. The molecule has 12 aromatic carbocycles. The molecule has 0 saturated carbocycles. The summed E-state index contributed by atoms with van der Waals surface area (Å²) in [6.07, 6.45) is 0. The number of hydrogen-bond donors (Lipinski definition) is 0. The van der Waals surface area contributed by atoms with Crippen molar-refractivity contribution in [3.8, 4) is 22.3 Å². The molecule has 48 heavy (non-hydrogen) atoms. The maximum absolute atomic E-state index is 2.39. The fourth-order valence-electron chi connectivity index (χ4n) is 9.01. The van der Waals surface area contributed by atoms with Crippen LogP contribution in [0.25, 0.3) is 119 Å². The van der Waals surface area contributed by atoms with Crippen LogP contribution in [0.4, 0.5) is 0 Å². The highest BCUT2D eigenvalue weighted by Crippen LogP contribution is 2.43. The molecule has 0 unspecified atom stereocenters. The first-order chi connectivity index (χ1) is 23.7. The Labute approximate surface area is 276 Å². The van der Waals surface area contributed by atoms with E-state index in [2.05, 4.69) is 158 Å². The zero-order valence-corrected chi connectivity index (χ0v) is 26.0. The maximum atomic E-state index is 2.39. The van der Waals surface area contributed by atoms with Gasteiger partial charge in [0.1, 0.15) is 0 Å². The smallest absolute Gasteiger partial charge is 0.00264 e. The summed E-state index contributed by atoms with van der Waals surface area (Å²) in [5, 5.41) is 23.8. The summed E-state index contributed by atoms with van der Waals surface area (Å²) >= 11 is 0. The lowest BCUT2D eigenvalue weighted by Crippen LogP contribution is -1.89. The lowest BCUT2D eigenvalue weighted by atomic mass is 9.87. The minimum atomic E-state index is 1.26. The largest absolute Gasteiger partial charge is 0.0610 e. The first-order valence-electron chi connectivity index (χ1n) is 16.8. The lowest BCUT2D eigenvalue weighted by Gasteiger charge is -2.16. The van der Waals surface area contributed by atoms with Crippen LogP contribution in [0.5, 0.6) is 0 Å². The van der Waals surface area contributed by atoms with Crippen LogP contribution < -0.4 is 0 Å². The minimum absolute atomic E-state index is 1.26. The summed E-state index contributed by atoms with van der Waals surface area (Å²) in [5.41, 5.74) is 5.06. The first-order valence-corrected chi connectivity index (χ1v) is 16.8. The van der Waals surface area contributed by atoms with Crippen molar-refractivity contribution in [2.45, 2.75) is 0 Å². The van der Waals surface area contributed by atoms with Gasteiger partial charge in [-0.3, -0.25) is 0 Å². The van der Waals surface area contributed by atoms with Crippen molar-refractivity contribution in [2.24, 2.45) is 0 Å². The van der Waals surface area contributed by atoms with Crippen LogP contribution in [0.1, 0.15) is 0 Å². The van der Waals surface area contributed by atoms with E-state index in [0.717, 1.165) is 0 Å². The summed E-state index contributed by atoms with van der Waals surface area (Å²) in [4.78, 5) is 0. The normalized spacial score (nSPS) is 12.6. The van der Waals surface area contributed by atoms with Gasteiger partial charge in [0.2, 0.25) is 0 Å². The van der Waals surface area contributed by atoms with Crippen LogP contribution in [-0.2, 0) is 0 Å². The molecule has 218 valence electrons. The monoisotopic (exact) mass is 602 g/mol. The average molecular weight is 603 g/mol. The quantitative estimate of drug-likeness (QED) is 0.173. The summed E-state index contributed by atoms with van der Waals surface area (Å²) in [6.45, 7) is 0. The Morgan fingerprint density at radius 3 is 0.542 bits per heavy atom. The van der Waals surface area contributed by atoms with Gasteiger partial charge in [0.05, 0.1) is 0 Å². The van der Waals surface area contributed by atoms with E-state index in [9.17, 15) is 0 Å². The molecule has 12 rings (SSSR count). The van der Waals surface area contributed by atoms with Crippen molar-refractivity contribution in [2.75, 3.05) is 0 Å². The van der Waals surface area contributed by atoms with Gasteiger partial charge in [-0.05, 0) is 168 Å². The van der Waals surface area contributed by atoms with Gasteiger partial charge in [-0.2, -0.15) is 0 Å². The fourth-order valence-corrected chi connectivity index (χ4v) is 9.01. The Morgan fingerprint density at radius 1 is 0.167 bits per heavy atom. The molecule has 0 radical (unpaired) electrons. The molecule has 0 nitrogen and oxygen atoms in total. The summed E-state index contributed by atoms with van der Waals surface area (Å²) < 4.78 is 0. The minimum Gasteiger partial charge on any atom is -0.0610 e. The van der Waals surface area contributed by atoms with E-state index < -0.39 is 0 Å². The maximum Gasteiger partial charge on any atom is -0.00264 e. The molecular formula is C48H26. The third kappa shape index (κ3) is 3.24. The standard InChI is InChI=1S/C48H26/c1-3-27-7-11-31-19-39(20-32-12-8-28(4-1)43(27)45(31)32)41-23-35-15-17-37-25-42(26-38-18-16-36(24-41)47(35)48(37)38)40-21-33-13-9-29-5-2-6-30-10-14-34(22-40)46(33)44(29)30/h1-26H. The van der Waals surface area contributed by atoms with Crippen LogP contribution in [0.15, 0.2) is 158 Å². The van der Waals surface area contributed by atoms with Crippen molar-refractivity contribution in [1.29, 1.82) is 0 Å². The topological polar surface area (TPSA) is 0 Å². The van der Waals surface area contributed by atoms with Gasteiger partial charge in [-0.15, -0.1) is 0 Å². The highest BCUT2D eigenvalue weighted by Gasteiger charge is 2.16. The van der Waals surface area contributed by atoms with E-state index in [1.165, 1.54) is 119 Å². The molecule has 0 saturated heterocycles. The van der Waals surface area contributed by atoms with E-state index in [1.807, 2.05) is 0 Å². The third-order valence-corrected chi connectivity index (χ3v) is 11.1. The highest BCUT2D eigenvalue weighted by molar-refractivity contribution is 6.27. The molecule has 0 aliphatic carbocycles. The van der Waals surface area contributed by atoms with E-state index in [4.69, 9.17) is 0 Å². The van der Waals surface area contributed by atoms with Crippen molar-refractivity contribution >= 4 is 97.0 Å². The number of hydrogen-bond acceptors (Lipinski definition) is 0. The summed E-state index contributed by atoms with van der Waals surface area (Å²) in [5.74, 6) is 0. The SMILES string of the molecule is c1cc2ccc3cc(-c4cc5ccc6cc(-c7cc8ccc9cccc%10ccc(c7)c8c9%10)cc7ccc(c4)c5c67)cc4ccc(c1)c2c34. The molecule has 0 heterocycles. The molecule has 0 amide bonds. The van der Waals surface area contributed by atoms with Gasteiger partial charge in [0.25, 0.3) is 0 Å². The zero-order valence-electron chi connectivity index (χ0n) is 26.0. The van der Waals surface area contributed by atoms with Gasteiger partial charge >= 0.3 is 0 Å². The molecular weight excluding hydrogens is 577 g/mol. The molecule has 0 fully saturated rings. The molecule has 0 atom stereocenters. The Bertz CT molecular complexity index is 2850. The second-order valence-corrected chi connectivity index (χ2v) is 13.7. The number of benzene rings is 12. The van der Waals surface area contributed by atoms with Crippen LogP contribution >= 0.6 is 0 Å². The predicted octanol–water partition coefficient (Wildman–Crippen LogP) is 13.7. The third-order valence-electron chi connectivity index (χ3n) is 11.1. The van der Waals surface area contributed by atoms with Crippen molar-refractivity contribution in [3.63, 3.8) is 0 Å². The van der Waals surface area contributed by atoms with Crippen molar-refractivity contribution in [3.05, 3.63) is 158 Å². The summed E-state index contributed by atoms with van der Waals surface area (Å²) in [6, 6.07) is 59.8. The lowest BCUT2D eigenvalue weighted by molar-refractivity contribution is 1.70. The van der Waals surface area contributed by atoms with Crippen LogP contribution in [0.3, 0.4) is 0 Å². The molecule has 0 aliphatic rings. The van der Waals surface area contributed by atoms with Crippen LogP contribution in [-0.4, -0.2) is 0 Å². The van der Waals surface area contributed by atoms with E-state index in [1.54, 1.807) is 0 Å². The Hall–Kier alpha value is -6.24. The molecule has 0 N–H and O–H groups in total. The zero-order chi connectivity index (χ0) is 31.1. The molecule has 0 aliphatic heterocycles. The van der Waals surface area contributed by atoms with Crippen molar-refractivity contribution in [1.82, 2.24) is 0 Å². The fraction of sp³-hybridized carbons (Fsp3) is 0. The first kappa shape index (κ1) is 24.9. The van der Waals surface area contributed by atoms with E-state index >= 15 is 0 Å². The van der Waals surface area contributed by atoms with Gasteiger partial charge in [-0.1, -0.05) is 109 Å². The van der Waals surface area contributed by atoms with Gasteiger partial charge in [-0.25, -0.2) is 0 Å². The highest BCUT2D eigenvalue weighted by atomic mass is 14.2. The Kier molecular flexibility index (Phi) is 4.55. The van der Waals surface area contributed by atoms with Gasteiger partial charge in [0, 0.05) is 0 Å². The molecule has 12 aromatic rings. The van der Waals surface area contributed by atoms with Crippen molar-refractivity contribution < 1.29 is 0 Å². The van der Waals surface area contributed by atoms with E-state index in [-0.39, 0.29) is 0 Å². The van der Waals surface area contributed by atoms with Crippen LogP contribution in [0.2, 0.25) is 0 Å². The molecule has 0 spiro atoms. The number of rotatable bonds is 2. The van der Waals surface area contributed by atoms with Gasteiger partial charge < -0.3 is 0 Å². The predicted molar refractivity (Wildman–Crippen MR) is 208 cm³/mol.